The zero-order valence-corrected chi connectivity index (χ0v) is 14.6. The Morgan fingerprint density at radius 2 is 2.00 bits per heavy atom. The highest BCUT2D eigenvalue weighted by molar-refractivity contribution is 7.89. The number of nitrogens with zero attached hydrogens (tertiary/aromatic N) is 1. The van der Waals surface area contributed by atoms with Gasteiger partial charge in [-0.25, -0.2) is 8.42 Å². The van der Waals surface area contributed by atoms with Gasteiger partial charge in [0.25, 0.3) is 0 Å². The van der Waals surface area contributed by atoms with Crippen molar-refractivity contribution in [3.8, 4) is 0 Å². The standard InChI is InChI=1S/C15H30N2O3S/c1-5-7-13(4)11-21(19,20)17-9-6-8-14(10-17)16-15(18)12(2)3/h12-14H,5-11H2,1-4H3,(H,16,18)/t13-,14-/m0/s1. The van der Waals surface area contributed by atoms with E-state index in [1.54, 1.807) is 4.31 Å². The van der Waals surface area contributed by atoms with E-state index in [4.69, 9.17) is 0 Å². The van der Waals surface area contributed by atoms with Crippen molar-refractivity contribution in [2.24, 2.45) is 11.8 Å². The number of rotatable bonds is 7. The van der Waals surface area contributed by atoms with Crippen LogP contribution >= 0.6 is 0 Å². The summed E-state index contributed by atoms with van der Waals surface area (Å²) in [5.74, 6) is 0.330. The summed E-state index contributed by atoms with van der Waals surface area (Å²) in [6.07, 6.45) is 3.60. The van der Waals surface area contributed by atoms with Gasteiger partial charge >= 0.3 is 0 Å². The van der Waals surface area contributed by atoms with Crippen LogP contribution in [0.25, 0.3) is 0 Å². The SMILES string of the molecule is CCC[C@H](C)CS(=O)(=O)N1CCC[C@H](NC(=O)C(C)C)C1. The molecular weight excluding hydrogens is 288 g/mol. The molecule has 0 unspecified atom stereocenters. The smallest absolute Gasteiger partial charge is 0.222 e. The van der Waals surface area contributed by atoms with E-state index in [0.717, 1.165) is 25.7 Å². The average molecular weight is 318 g/mol. The van der Waals surface area contributed by atoms with Crippen LogP contribution in [0.2, 0.25) is 0 Å². The minimum Gasteiger partial charge on any atom is -0.352 e. The molecule has 0 saturated carbocycles. The number of piperidine rings is 1. The first-order valence-corrected chi connectivity index (χ1v) is 9.65. The summed E-state index contributed by atoms with van der Waals surface area (Å²) < 4.78 is 26.5. The number of hydrogen-bond donors (Lipinski definition) is 1. The minimum absolute atomic E-state index is 0.00130. The molecule has 0 bridgehead atoms. The second kappa shape index (κ2) is 8.13. The third-order valence-electron chi connectivity index (χ3n) is 3.92. The molecule has 1 saturated heterocycles. The second-order valence-electron chi connectivity index (χ2n) is 6.53. The van der Waals surface area contributed by atoms with E-state index in [-0.39, 0.29) is 29.5 Å². The van der Waals surface area contributed by atoms with Gasteiger partial charge in [0, 0.05) is 25.0 Å². The summed E-state index contributed by atoms with van der Waals surface area (Å²) >= 11 is 0. The van der Waals surface area contributed by atoms with Crippen molar-refractivity contribution >= 4 is 15.9 Å². The maximum Gasteiger partial charge on any atom is 0.222 e. The van der Waals surface area contributed by atoms with Crippen LogP contribution in [0.15, 0.2) is 0 Å². The topological polar surface area (TPSA) is 66.5 Å². The van der Waals surface area contributed by atoms with Crippen LogP contribution in [-0.2, 0) is 14.8 Å². The maximum absolute atomic E-state index is 12.4. The zero-order chi connectivity index (χ0) is 16.0. The van der Waals surface area contributed by atoms with Gasteiger partial charge < -0.3 is 5.32 Å². The van der Waals surface area contributed by atoms with E-state index >= 15 is 0 Å². The molecule has 1 heterocycles. The maximum atomic E-state index is 12.4. The highest BCUT2D eigenvalue weighted by Gasteiger charge is 2.30. The lowest BCUT2D eigenvalue weighted by atomic mass is 10.1. The van der Waals surface area contributed by atoms with E-state index in [0.29, 0.717) is 13.1 Å². The molecule has 1 aliphatic heterocycles. The van der Waals surface area contributed by atoms with Crippen LogP contribution in [0.1, 0.15) is 53.4 Å². The van der Waals surface area contributed by atoms with E-state index in [1.165, 1.54) is 0 Å². The predicted octanol–water partition coefficient (Wildman–Crippen LogP) is 1.99. The Labute approximate surface area is 129 Å². The van der Waals surface area contributed by atoms with E-state index < -0.39 is 10.0 Å². The van der Waals surface area contributed by atoms with Gasteiger partial charge in [-0.2, -0.15) is 4.31 Å². The molecule has 1 N–H and O–H groups in total. The molecule has 21 heavy (non-hydrogen) atoms. The molecule has 1 rings (SSSR count). The first kappa shape index (κ1) is 18.4. The van der Waals surface area contributed by atoms with Crippen molar-refractivity contribution in [1.29, 1.82) is 0 Å². The van der Waals surface area contributed by atoms with E-state index in [2.05, 4.69) is 12.2 Å². The molecule has 0 spiro atoms. The summed E-state index contributed by atoms with van der Waals surface area (Å²) in [4.78, 5) is 11.8. The van der Waals surface area contributed by atoms with Crippen molar-refractivity contribution in [2.75, 3.05) is 18.8 Å². The van der Waals surface area contributed by atoms with Crippen molar-refractivity contribution in [3.63, 3.8) is 0 Å². The Morgan fingerprint density at radius 3 is 2.57 bits per heavy atom. The first-order chi connectivity index (χ1) is 9.76. The van der Waals surface area contributed by atoms with Gasteiger partial charge in [0.05, 0.1) is 5.75 Å². The van der Waals surface area contributed by atoms with E-state index in [1.807, 2.05) is 20.8 Å². The van der Waals surface area contributed by atoms with Gasteiger partial charge in [0.2, 0.25) is 15.9 Å². The molecule has 0 aromatic carbocycles. The van der Waals surface area contributed by atoms with Gasteiger partial charge in [0.1, 0.15) is 0 Å². The lowest BCUT2D eigenvalue weighted by molar-refractivity contribution is -0.124. The minimum atomic E-state index is -3.21. The summed E-state index contributed by atoms with van der Waals surface area (Å²) in [5.41, 5.74) is 0. The fraction of sp³-hybridized carbons (Fsp3) is 0.933. The number of carbonyl (C=O) groups is 1. The summed E-state index contributed by atoms with van der Waals surface area (Å²) in [7, 11) is -3.21. The summed E-state index contributed by atoms with van der Waals surface area (Å²) in [6, 6.07) is -0.0510. The first-order valence-electron chi connectivity index (χ1n) is 8.04. The fourth-order valence-corrected chi connectivity index (χ4v) is 4.63. The van der Waals surface area contributed by atoms with Crippen molar-refractivity contribution in [3.05, 3.63) is 0 Å². The Balaban J connectivity index is 2.60. The highest BCUT2D eigenvalue weighted by Crippen LogP contribution is 2.18. The molecule has 1 fully saturated rings. The van der Waals surface area contributed by atoms with Crippen LogP contribution in [0, 0.1) is 11.8 Å². The average Bonchev–Trinajstić information content (AvgIpc) is 2.38. The van der Waals surface area contributed by atoms with Gasteiger partial charge in [-0.3, -0.25) is 4.79 Å². The van der Waals surface area contributed by atoms with Gasteiger partial charge in [-0.05, 0) is 25.2 Å². The Kier molecular flexibility index (Phi) is 7.13. The number of hydrogen-bond acceptors (Lipinski definition) is 3. The second-order valence-corrected chi connectivity index (χ2v) is 8.55. The number of sulfonamides is 1. The highest BCUT2D eigenvalue weighted by atomic mass is 32.2. The largest absolute Gasteiger partial charge is 0.352 e. The molecule has 1 aliphatic rings. The normalized spacial score (nSPS) is 22.2. The fourth-order valence-electron chi connectivity index (χ4n) is 2.72. The molecule has 2 atom stereocenters. The predicted molar refractivity (Wildman–Crippen MR) is 85.4 cm³/mol. The third kappa shape index (κ3) is 5.94. The Bertz CT molecular complexity index is 434. The van der Waals surface area contributed by atoms with Gasteiger partial charge in [0.15, 0.2) is 0 Å². The van der Waals surface area contributed by atoms with Crippen LogP contribution in [0.5, 0.6) is 0 Å². The molecule has 5 nitrogen and oxygen atoms in total. The molecule has 1 amide bonds. The van der Waals surface area contributed by atoms with Crippen LogP contribution < -0.4 is 5.32 Å². The Morgan fingerprint density at radius 1 is 1.33 bits per heavy atom. The molecular formula is C15H30N2O3S. The van der Waals surface area contributed by atoms with Gasteiger partial charge in [-0.1, -0.05) is 34.1 Å². The van der Waals surface area contributed by atoms with E-state index in [9.17, 15) is 13.2 Å². The van der Waals surface area contributed by atoms with Crippen LogP contribution in [0.4, 0.5) is 0 Å². The molecule has 0 aromatic rings. The summed E-state index contributed by atoms with van der Waals surface area (Å²) in [5, 5.41) is 2.95. The molecule has 124 valence electrons. The molecule has 0 radical (unpaired) electrons. The van der Waals surface area contributed by atoms with Crippen LogP contribution in [0.3, 0.4) is 0 Å². The summed E-state index contributed by atoms with van der Waals surface area (Å²) in [6.45, 7) is 8.75. The van der Waals surface area contributed by atoms with Gasteiger partial charge in [-0.15, -0.1) is 0 Å². The van der Waals surface area contributed by atoms with Crippen molar-refractivity contribution < 1.29 is 13.2 Å². The third-order valence-corrected chi connectivity index (χ3v) is 6.03. The molecule has 0 aromatic heterocycles. The van der Waals surface area contributed by atoms with Crippen LogP contribution in [-0.4, -0.2) is 43.5 Å². The lowest BCUT2D eigenvalue weighted by Crippen LogP contribution is -2.51. The molecule has 6 heteroatoms. The number of nitrogens with one attached hydrogen (secondary N) is 1. The van der Waals surface area contributed by atoms with Crippen molar-refractivity contribution in [1.82, 2.24) is 9.62 Å². The Hall–Kier alpha value is -0.620. The number of amides is 1. The number of carbonyl (C=O) groups excluding carboxylic acids is 1. The zero-order valence-electron chi connectivity index (χ0n) is 13.8. The van der Waals surface area contributed by atoms with Crippen molar-refractivity contribution in [2.45, 2.75) is 59.4 Å². The quantitative estimate of drug-likeness (QED) is 0.780. The lowest BCUT2D eigenvalue weighted by Gasteiger charge is -2.33. The monoisotopic (exact) mass is 318 g/mol. The molecule has 0 aliphatic carbocycles.